The van der Waals surface area contributed by atoms with Gasteiger partial charge in [0.15, 0.2) is 0 Å². The summed E-state index contributed by atoms with van der Waals surface area (Å²) in [5.41, 5.74) is 0.0575. The normalized spacial score (nSPS) is 11.8. The van der Waals surface area contributed by atoms with Gasteiger partial charge in [0.2, 0.25) is 0 Å². The van der Waals surface area contributed by atoms with Crippen LogP contribution in [0.5, 0.6) is 0 Å². The van der Waals surface area contributed by atoms with Gasteiger partial charge >= 0.3 is 12.1 Å². The number of carbonyl (C=O) groups is 2. The number of benzene rings is 1. The van der Waals surface area contributed by atoms with Crippen LogP contribution in [0, 0.1) is 0 Å². The molecule has 0 saturated heterocycles. The molecule has 0 heterocycles. The summed E-state index contributed by atoms with van der Waals surface area (Å²) in [7, 11) is 0. The summed E-state index contributed by atoms with van der Waals surface area (Å²) >= 11 is 0. The molecule has 1 aromatic carbocycles. The Bertz CT molecular complexity index is 743. The van der Waals surface area contributed by atoms with E-state index in [0.29, 0.717) is 78.8 Å². The Hall–Kier alpha value is -2.20. The molecular formula is C28H47NO8. The zero-order valence-corrected chi connectivity index (χ0v) is 23.6. The van der Waals surface area contributed by atoms with E-state index >= 15 is 0 Å². The van der Waals surface area contributed by atoms with Gasteiger partial charge in [0.1, 0.15) is 11.2 Å². The standard InChI is InChI=1S/C28H47NO8/c1-27(2,3)36-25(30)13-10-16-32-19-20-33-17-14-29(26(31)37-28(4,5)6)15-18-34-21-22-35-23-24-11-8-7-9-12-24/h7-9,11-12H,10,13-23H2,1-6H3. The molecule has 0 aliphatic rings. The minimum Gasteiger partial charge on any atom is -0.460 e. The first-order valence-electron chi connectivity index (χ1n) is 13.0. The first-order chi connectivity index (χ1) is 17.5. The SMILES string of the molecule is CC(C)(C)OC(=O)CCCOCCOCCN(CCOCCOCc1ccccc1)C(=O)OC(C)(C)C. The molecule has 0 spiro atoms. The fraction of sp³-hybridized carbons (Fsp3) is 0.714. The number of ether oxygens (including phenoxy) is 6. The summed E-state index contributed by atoms with van der Waals surface area (Å²) in [5, 5.41) is 0. The highest BCUT2D eigenvalue weighted by Gasteiger charge is 2.22. The van der Waals surface area contributed by atoms with Gasteiger partial charge < -0.3 is 33.3 Å². The van der Waals surface area contributed by atoms with Gasteiger partial charge in [-0.15, -0.1) is 0 Å². The molecule has 0 bridgehead atoms. The van der Waals surface area contributed by atoms with Crippen LogP contribution in [0.2, 0.25) is 0 Å². The minimum absolute atomic E-state index is 0.224. The zero-order valence-electron chi connectivity index (χ0n) is 23.6. The Morgan fingerprint density at radius 2 is 1.19 bits per heavy atom. The Morgan fingerprint density at radius 3 is 1.73 bits per heavy atom. The molecule has 0 radical (unpaired) electrons. The molecule has 212 valence electrons. The monoisotopic (exact) mass is 525 g/mol. The van der Waals surface area contributed by atoms with Gasteiger partial charge in [-0.05, 0) is 53.5 Å². The van der Waals surface area contributed by atoms with Crippen LogP contribution in [0.25, 0.3) is 0 Å². The van der Waals surface area contributed by atoms with Crippen LogP contribution in [0.15, 0.2) is 30.3 Å². The second-order valence-electron chi connectivity index (χ2n) is 10.5. The average Bonchev–Trinajstić information content (AvgIpc) is 2.79. The molecular weight excluding hydrogens is 478 g/mol. The first kappa shape index (κ1) is 32.8. The van der Waals surface area contributed by atoms with Gasteiger partial charge in [0, 0.05) is 26.1 Å². The molecule has 0 N–H and O–H groups in total. The third-order valence-corrected chi connectivity index (χ3v) is 4.61. The van der Waals surface area contributed by atoms with Crippen LogP contribution in [-0.2, 0) is 39.8 Å². The van der Waals surface area contributed by atoms with Crippen LogP contribution < -0.4 is 0 Å². The van der Waals surface area contributed by atoms with Crippen molar-refractivity contribution in [2.45, 2.75) is 72.2 Å². The molecule has 1 amide bonds. The maximum atomic E-state index is 12.6. The van der Waals surface area contributed by atoms with Crippen molar-refractivity contribution < 1.29 is 38.0 Å². The molecule has 0 aliphatic heterocycles. The van der Waals surface area contributed by atoms with E-state index in [9.17, 15) is 9.59 Å². The predicted octanol–water partition coefficient (Wildman–Crippen LogP) is 4.61. The van der Waals surface area contributed by atoms with Gasteiger partial charge in [-0.1, -0.05) is 30.3 Å². The third-order valence-electron chi connectivity index (χ3n) is 4.61. The maximum absolute atomic E-state index is 12.6. The topological polar surface area (TPSA) is 92.8 Å². The summed E-state index contributed by atoms with van der Waals surface area (Å²) < 4.78 is 33.1. The summed E-state index contributed by atoms with van der Waals surface area (Å²) in [6, 6.07) is 9.96. The lowest BCUT2D eigenvalue weighted by atomic mass is 10.2. The van der Waals surface area contributed by atoms with Gasteiger partial charge in [0.05, 0.1) is 46.2 Å². The second kappa shape index (κ2) is 18.1. The van der Waals surface area contributed by atoms with Crippen LogP contribution in [0.4, 0.5) is 4.79 Å². The van der Waals surface area contributed by atoms with Crippen LogP contribution in [0.3, 0.4) is 0 Å². The summed E-state index contributed by atoms with van der Waals surface area (Å²) in [6.45, 7) is 15.2. The highest BCUT2D eigenvalue weighted by atomic mass is 16.6. The van der Waals surface area contributed by atoms with Crippen LogP contribution in [-0.4, -0.2) is 87.5 Å². The maximum Gasteiger partial charge on any atom is 0.410 e. The van der Waals surface area contributed by atoms with Gasteiger partial charge in [-0.2, -0.15) is 0 Å². The summed E-state index contributed by atoms with van der Waals surface area (Å²) in [4.78, 5) is 25.8. The lowest BCUT2D eigenvalue weighted by Gasteiger charge is -2.27. The molecule has 0 fully saturated rings. The van der Waals surface area contributed by atoms with Crippen molar-refractivity contribution in [1.82, 2.24) is 4.90 Å². The van der Waals surface area contributed by atoms with E-state index in [2.05, 4.69) is 0 Å². The van der Waals surface area contributed by atoms with Crippen molar-refractivity contribution >= 4 is 12.1 Å². The average molecular weight is 526 g/mol. The molecule has 1 aromatic rings. The number of hydrogen-bond acceptors (Lipinski definition) is 8. The van der Waals surface area contributed by atoms with E-state index in [0.717, 1.165) is 5.56 Å². The number of carbonyl (C=O) groups excluding carboxylic acids is 2. The highest BCUT2D eigenvalue weighted by Crippen LogP contribution is 2.10. The Kier molecular flexibility index (Phi) is 16.1. The molecule has 0 aromatic heterocycles. The molecule has 9 nitrogen and oxygen atoms in total. The quantitative estimate of drug-likeness (QED) is 0.203. The number of esters is 1. The minimum atomic E-state index is -0.588. The number of amides is 1. The fourth-order valence-electron chi connectivity index (χ4n) is 2.99. The predicted molar refractivity (Wildman–Crippen MR) is 141 cm³/mol. The fourth-order valence-corrected chi connectivity index (χ4v) is 2.99. The zero-order chi connectivity index (χ0) is 27.6. The molecule has 1 rings (SSSR count). The van der Waals surface area contributed by atoms with Crippen molar-refractivity contribution in [2.24, 2.45) is 0 Å². The van der Waals surface area contributed by atoms with Crippen molar-refractivity contribution in [3.05, 3.63) is 35.9 Å². The second-order valence-corrected chi connectivity index (χ2v) is 10.5. The molecule has 9 heteroatoms. The van der Waals surface area contributed by atoms with Crippen molar-refractivity contribution in [1.29, 1.82) is 0 Å². The largest absolute Gasteiger partial charge is 0.460 e. The van der Waals surface area contributed by atoms with E-state index in [4.69, 9.17) is 28.4 Å². The Balaban J connectivity index is 2.18. The Labute approximate surface area is 222 Å². The van der Waals surface area contributed by atoms with Gasteiger partial charge in [0.25, 0.3) is 0 Å². The lowest BCUT2D eigenvalue weighted by Crippen LogP contribution is -2.40. The summed E-state index contributed by atoms with van der Waals surface area (Å²) in [6.07, 6.45) is 0.515. The number of hydrogen-bond donors (Lipinski definition) is 0. The summed E-state index contributed by atoms with van der Waals surface area (Å²) in [5.74, 6) is -0.224. The molecule has 0 saturated carbocycles. The molecule has 37 heavy (non-hydrogen) atoms. The van der Waals surface area contributed by atoms with Crippen molar-refractivity contribution in [2.75, 3.05) is 59.3 Å². The van der Waals surface area contributed by atoms with E-state index in [1.807, 2.05) is 71.9 Å². The third kappa shape index (κ3) is 19.6. The van der Waals surface area contributed by atoms with E-state index < -0.39 is 17.3 Å². The lowest BCUT2D eigenvalue weighted by molar-refractivity contribution is -0.155. The van der Waals surface area contributed by atoms with E-state index in [1.54, 1.807) is 4.90 Å². The van der Waals surface area contributed by atoms with E-state index in [1.165, 1.54) is 0 Å². The van der Waals surface area contributed by atoms with Crippen molar-refractivity contribution in [3.8, 4) is 0 Å². The smallest absolute Gasteiger partial charge is 0.410 e. The molecule has 0 aliphatic carbocycles. The molecule has 0 atom stereocenters. The number of nitrogens with zero attached hydrogens (tertiary/aromatic N) is 1. The van der Waals surface area contributed by atoms with Crippen molar-refractivity contribution in [3.63, 3.8) is 0 Å². The van der Waals surface area contributed by atoms with Crippen LogP contribution in [0.1, 0.15) is 59.9 Å². The van der Waals surface area contributed by atoms with Gasteiger partial charge in [-0.25, -0.2) is 4.79 Å². The Morgan fingerprint density at radius 1 is 0.676 bits per heavy atom. The van der Waals surface area contributed by atoms with Gasteiger partial charge in [-0.3, -0.25) is 4.79 Å². The number of rotatable bonds is 18. The first-order valence-corrected chi connectivity index (χ1v) is 13.0. The highest BCUT2D eigenvalue weighted by molar-refractivity contribution is 5.69. The van der Waals surface area contributed by atoms with E-state index in [-0.39, 0.29) is 5.97 Å². The van der Waals surface area contributed by atoms with Crippen LogP contribution >= 0.6 is 0 Å². The molecule has 0 unspecified atom stereocenters.